The second-order valence-electron chi connectivity index (χ2n) is 18.3. The lowest BCUT2D eigenvalue weighted by molar-refractivity contribution is -0.165. The van der Waals surface area contributed by atoms with Gasteiger partial charge in [-0.05, 0) is 46.0 Å². The smallest absolute Gasteiger partial charge is 0.438 e. The molecule has 7 heterocycles. The van der Waals surface area contributed by atoms with E-state index in [1.54, 1.807) is 13.8 Å². The SMILES string of the molecule is CC1CC2O[C@@H](n3cnc4c(N)ncnc43)[C@H](F)[C@@H]2OP(=O)(OCOC(=O)C2(C)CCCCC2)OC[C@H]2O[C@@H](n3cnc4c(N)ncnc43)[C@H](F)[C@@H]2OP1(=O)OCOC(=O)C1(C)CCCCC1. The lowest BCUT2D eigenvalue weighted by Gasteiger charge is -2.34. The summed E-state index contributed by atoms with van der Waals surface area (Å²) in [4.78, 5) is 51.4. The first-order valence-corrected chi connectivity index (χ1v) is 25.4. The molecular weight excluding hydrogens is 928 g/mol. The maximum Gasteiger partial charge on any atom is 0.478 e. The number of esters is 2. The number of hydrogen-bond acceptors (Lipinski definition) is 21. The summed E-state index contributed by atoms with van der Waals surface area (Å²) >= 11 is 0. The number of anilines is 2. The Morgan fingerprint density at radius 2 is 1.19 bits per heavy atom. The van der Waals surface area contributed by atoms with Gasteiger partial charge in [0, 0.05) is 0 Å². The zero-order valence-corrected chi connectivity index (χ0v) is 38.9. The minimum atomic E-state index is -5.09. The Bertz CT molecular complexity index is 2560. The molecule has 366 valence electrons. The Morgan fingerprint density at radius 3 is 1.72 bits per heavy atom. The zero-order chi connectivity index (χ0) is 47.3. The van der Waals surface area contributed by atoms with Crippen molar-refractivity contribution in [2.45, 2.75) is 146 Å². The van der Waals surface area contributed by atoms with Crippen LogP contribution in [0.5, 0.6) is 0 Å². The fraction of sp³-hybridized carbons (Fsp3) is 0.700. The van der Waals surface area contributed by atoms with E-state index in [0.29, 0.717) is 25.7 Å². The normalized spacial score (nSPS) is 34.4. The first kappa shape index (κ1) is 47.7. The standard InChI is InChI=1S/C40H54F2N10O13P2/c1-22-14-23-29(25(41)35(62-23)51-18-49-27-31(43)45-16-47-33(27)51)65-67(56,61-21-58-38(54)40(3)12-8-5-9-13-40)59-15-24-30(26(42)36(63-24)52-19-50-28-32(44)46-17-48-34(28)52)64-66(22,55)60-20-57-37(53)39(2)10-6-4-7-11-39/h16-19,22-26,29-30,35-36H,4-15,20-21H2,1-3H3,(H2,43,45,47)(H2,44,46,48)/t22?,23?,24-,25-,26-,29-,30-,35-,36-,66?,67?/m1/s1. The number of nitrogens with two attached hydrogens (primary N) is 2. The van der Waals surface area contributed by atoms with Gasteiger partial charge < -0.3 is 30.4 Å². The molecule has 5 aliphatic rings. The predicted molar refractivity (Wildman–Crippen MR) is 229 cm³/mol. The number of hydrogen-bond donors (Lipinski definition) is 2. The third kappa shape index (κ3) is 9.30. The summed E-state index contributed by atoms with van der Waals surface area (Å²) in [5, 5.41) is 0. The molecular formula is C40H54F2N10O13P2. The summed E-state index contributed by atoms with van der Waals surface area (Å²) in [7, 11) is -9.80. The maximum absolute atomic E-state index is 17.2. The molecule has 0 spiro atoms. The lowest BCUT2D eigenvalue weighted by atomic mass is 9.76. The van der Waals surface area contributed by atoms with Crippen LogP contribution in [0.25, 0.3) is 22.3 Å². The molecule has 23 nitrogen and oxygen atoms in total. The number of carbonyl (C=O) groups excluding carboxylic acids is 2. The van der Waals surface area contributed by atoms with Crippen LogP contribution in [-0.4, -0.2) is 114 Å². The number of phosphoric acid groups is 1. The van der Waals surface area contributed by atoms with Crippen LogP contribution in [0.4, 0.5) is 20.4 Å². The number of rotatable bonds is 10. The van der Waals surface area contributed by atoms with Crippen LogP contribution in [0.15, 0.2) is 25.3 Å². The molecule has 27 heteroatoms. The number of fused-ring (bicyclic) bond motifs is 4. The van der Waals surface area contributed by atoms with Crippen LogP contribution in [-0.2, 0) is 60.3 Å². The van der Waals surface area contributed by atoms with E-state index in [-0.39, 0.29) is 34.0 Å². The Morgan fingerprint density at radius 1 is 0.716 bits per heavy atom. The third-order valence-corrected chi connectivity index (χ3v) is 17.3. The number of imidazole rings is 2. The van der Waals surface area contributed by atoms with E-state index in [9.17, 15) is 14.2 Å². The van der Waals surface area contributed by atoms with Crippen LogP contribution < -0.4 is 11.5 Å². The maximum atomic E-state index is 17.2. The molecule has 0 bridgehead atoms. The van der Waals surface area contributed by atoms with E-state index >= 15 is 13.3 Å². The Labute approximate surface area is 382 Å². The quantitative estimate of drug-likeness (QED) is 0.102. The molecule has 4 aromatic rings. The molecule has 5 fully saturated rings. The molecule has 4 unspecified atom stereocenters. The van der Waals surface area contributed by atoms with Crippen molar-refractivity contribution >= 4 is 61.3 Å². The van der Waals surface area contributed by atoms with Crippen LogP contribution in [0.2, 0.25) is 0 Å². The number of nitrogen functional groups attached to an aromatic ring is 2. The molecule has 2 saturated carbocycles. The van der Waals surface area contributed by atoms with Crippen molar-refractivity contribution in [1.82, 2.24) is 39.0 Å². The highest BCUT2D eigenvalue weighted by molar-refractivity contribution is 7.54. The van der Waals surface area contributed by atoms with Crippen molar-refractivity contribution in [3.8, 4) is 0 Å². The molecule has 3 aliphatic heterocycles. The van der Waals surface area contributed by atoms with Crippen molar-refractivity contribution in [2.75, 3.05) is 31.7 Å². The second-order valence-corrected chi connectivity index (χ2v) is 22.3. The van der Waals surface area contributed by atoms with Crippen LogP contribution in [0, 0.1) is 10.8 Å². The van der Waals surface area contributed by atoms with Gasteiger partial charge in [0.2, 0.25) is 13.6 Å². The van der Waals surface area contributed by atoms with E-state index in [2.05, 4.69) is 29.9 Å². The number of alkyl halides is 2. The summed E-state index contributed by atoms with van der Waals surface area (Å²) in [5.41, 5.74) is 9.53. The van der Waals surface area contributed by atoms with Crippen molar-refractivity contribution in [3.05, 3.63) is 25.3 Å². The molecule has 0 aromatic carbocycles. The molecule has 9 rings (SSSR count). The first-order chi connectivity index (χ1) is 32.0. The minimum absolute atomic E-state index is 0.000179. The van der Waals surface area contributed by atoms with E-state index in [1.807, 2.05) is 0 Å². The number of nitrogens with zero attached hydrogens (tertiary/aromatic N) is 8. The van der Waals surface area contributed by atoms with Gasteiger partial charge in [0.25, 0.3) is 0 Å². The van der Waals surface area contributed by atoms with Crippen molar-refractivity contribution in [1.29, 1.82) is 0 Å². The number of carbonyl (C=O) groups is 2. The van der Waals surface area contributed by atoms with E-state index < -0.39 is 120 Å². The summed E-state index contributed by atoms with van der Waals surface area (Å²) < 4.78 is 120. The molecule has 11 atom stereocenters. The van der Waals surface area contributed by atoms with Gasteiger partial charge in [-0.15, -0.1) is 0 Å². The monoisotopic (exact) mass is 982 g/mol. The molecule has 3 saturated heterocycles. The summed E-state index contributed by atoms with van der Waals surface area (Å²) in [5.74, 6) is -1.18. The predicted octanol–water partition coefficient (Wildman–Crippen LogP) is 6.16. The first-order valence-electron chi connectivity index (χ1n) is 22.3. The fourth-order valence-electron chi connectivity index (χ4n) is 9.55. The van der Waals surface area contributed by atoms with Gasteiger partial charge in [0.15, 0.2) is 47.7 Å². The fourth-order valence-corrected chi connectivity index (χ4v) is 12.6. The van der Waals surface area contributed by atoms with Crippen molar-refractivity contribution < 1.29 is 69.1 Å². The van der Waals surface area contributed by atoms with Gasteiger partial charge in [0.1, 0.15) is 42.0 Å². The minimum Gasteiger partial charge on any atom is -0.438 e. The van der Waals surface area contributed by atoms with Gasteiger partial charge in [-0.3, -0.25) is 41.4 Å². The number of ether oxygens (including phenoxy) is 4. The highest BCUT2D eigenvalue weighted by Crippen LogP contribution is 2.61. The van der Waals surface area contributed by atoms with Crippen LogP contribution >= 0.6 is 15.4 Å². The van der Waals surface area contributed by atoms with Crippen LogP contribution in [0.3, 0.4) is 0 Å². The molecule has 0 radical (unpaired) electrons. The van der Waals surface area contributed by atoms with E-state index in [0.717, 1.165) is 51.2 Å². The summed E-state index contributed by atoms with van der Waals surface area (Å²) in [6.07, 6.45) is -2.51. The zero-order valence-electron chi connectivity index (χ0n) is 37.1. The average molecular weight is 983 g/mol. The highest BCUT2D eigenvalue weighted by Gasteiger charge is 2.57. The van der Waals surface area contributed by atoms with Gasteiger partial charge in [-0.1, -0.05) is 45.4 Å². The van der Waals surface area contributed by atoms with Crippen molar-refractivity contribution in [2.24, 2.45) is 10.8 Å². The Kier molecular flexibility index (Phi) is 13.5. The average Bonchev–Trinajstić information content (AvgIpc) is 4.08. The van der Waals surface area contributed by atoms with E-state index in [4.69, 9.17) is 53.0 Å². The molecule has 4 N–H and O–H groups in total. The second kappa shape index (κ2) is 18.9. The third-order valence-electron chi connectivity index (χ3n) is 13.6. The molecule has 4 aromatic heterocycles. The Hall–Kier alpha value is -4.32. The molecule has 0 amide bonds. The number of halogens is 2. The summed E-state index contributed by atoms with van der Waals surface area (Å²) in [6.45, 7) is 2.32. The highest BCUT2D eigenvalue weighted by atomic mass is 31.2. The molecule has 2 aliphatic carbocycles. The largest absolute Gasteiger partial charge is 0.478 e. The van der Waals surface area contributed by atoms with Gasteiger partial charge in [-0.2, -0.15) is 0 Å². The molecule has 67 heavy (non-hydrogen) atoms. The van der Waals surface area contributed by atoms with E-state index in [1.165, 1.54) is 28.7 Å². The van der Waals surface area contributed by atoms with Gasteiger partial charge in [-0.25, -0.2) is 47.8 Å². The van der Waals surface area contributed by atoms with Crippen LogP contribution in [0.1, 0.15) is 104 Å². The lowest BCUT2D eigenvalue weighted by Crippen LogP contribution is -2.38. The van der Waals surface area contributed by atoms with Crippen molar-refractivity contribution in [3.63, 3.8) is 0 Å². The van der Waals surface area contributed by atoms with Gasteiger partial charge >= 0.3 is 27.4 Å². The topological polar surface area (TPSA) is 291 Å². The Balaban J connectivity index is 1.05. The number of aromatic nitrogens is 8. The number of phosphoric ester groups is 1. The summed E-state index contributed by atoms with van der Waals surface area (Å²) in [6, 6.07) is 0. The van der Waals surface area contributed by atoms with Gasteiger partial charge in [0.05, 0.1) is 41.9 Å².